The van der Waals surface area contributed by atoms with Crippen molar-refractivity contribution in [3.8, 4) is 17.6 Å². The second-order valence-electron chi connectivity index (χ2n) is 2.58. The Morgan fingerprint density at radius 3 is 2.50 bits per heavy atom. The third-order valence-corrected chi connectivity index (χ3v) is 1.54. The molecule has 0 aliphatic rings. The van der Waals surface area contributed by atoms with E-state index in [1.165, 1.54) is 6.07 Å². The van der Waals surface area contributed by atoms with Gasteiger partial charge in [0.05, 0.1) is 19.0 Å². The standard InChI is InChI=1S/C8H6F3N3O2/c1-15-6-4(13)3-14-5(2-12)7(6)16-8(9,10)11/h3H,13H2,1H3. The summed E-state index contributed by atoms with van der Waals surface area (Å²) in [5.74, 6) is -1.21. The maximum absolute atomic E-state index is 12.0. The van der Waals surface area contributed by atoms with Gasteiger partial charge < -0.3 is 15.2 Å². The monoisotopic (exact) mass is 233 g/mol. The molecule has 0 aliphatic heterocycles. The predicted molar refractivity (Wildman–Crippen MR) is 46.6 cm³/mol. The Balaban J connectivity index is 3.32. The molecular formula is C8H6F3N3O2. The van der Waals surface area contributed by atoms with E-state index in [9.17, 15) is 13.2 Å². The lowest BCUT2D eigenvalue weighted by Crippen LogP contribution is -2.19. The third-order valence-electron chi connectivity index (χ3n) is 1.54. The molecule has 1 aromatic rings. The highest BCUT2D eigenvalue weighted by Crippen LogP contribution is 2.38. The third kappa shape index (κ3) is 2.44. The fourth-order valence-electron chi connectivity index (χ4n) is 0.991. The number of nitrogens with two attached hydrogens (primary N) is 1. The number of nitrogen functional groups attached to an aromatic ring is 1. The molecule has 1 rings (SSSR count). The van der Waals surface area contributed by atoms with Gasteiger partial charge in [-0.1, -0.05) is 0 Å². The molecule has 8 heteroatoms. The quantitative estimate of drug-likeness (QED) is 0.835. The van der Waals surface area contributed by atoms with E-state index in [-0.39, 0.29) is 11.4 Å². The Hall–Kier alpha value is -2.17. The molecule has 1 aromatic heterocycles. The number of anilines is 1. The first kappa shape index (κ1) is 11.9. The Morgan fingerprint density at radius 2 is 2.06 bits per heavy atom. The smallest absolute Gasteiger partial charge is 0.491 e. The number of aromatic nitrogens is 1. The molecule has 0 atom stereocenters. The number of alkyl halides is 3. The molecule has 0 aliphatic carbocycles. The fraction of sp³-hybridized carbons (Fsp3) is 0.250. The molecule has 0 amide bonds. The van der Waals surface area contributed by atoms with Crippen LogP contribution in [-0.4, -0.2) is 18.5 Å². The van der Waals surface area contributed by atoms with Gasteiger partial charge in [0.15, 0.2) is 11.4 Å². The first-order valence-electron chi connectivity index (χ1n) is 3.87. The van der Waals surface area contributed by atoms with Crippen molar-refractivity contribution >= 4 is 5.69 Å². The van der Waals surface area contributed by atoms with Gasteiger partial charge >= 0.3 is 6.36 Å². The second-order valence-corrected chi connectivity index (χ2v) is 2.58. The molecule has 2 N–H and O–H groups in total. The first-order chi connectivity index (χ1) is 7.39. The second kappa shape index (κ2) is 4.14. The molecule has 0 aromatic carbocycles. The Bertz CT molecular complexity index is 439. The van der Waals surface area contributed by atoms with Crippen molar-refractivity contribution in [2.24, 2.45) is 0 Å². The Kier molecular flexibility index (Phi) is 3.08. The van der Waals surface area contributed by atoms with Crippen molar-refractivity contribution in [2.45, 2.75) is 6.36 Å². The van der Waals surface area contributed by atoms with Gasteiger partial charge in [-0.3, -0.25) is 0 Å². The summed E-state index contributed by atoms with van der Waals surface area (Å²) in [7, 11) is 1.11. The van der Waals surface area contributed by atoms with Crippen molar-refractivity contribution in [3.05, 3.63) is 11.9 Å². The van der Waals surface area contributed by atoms with Gasteiger partial charge in [0.2, 0.25) is 5.75 Å². The number of halogens is 3. The normalized spacial score (nSPS) is 10.7. The number of hydrogen-bond acceptors (Lipinski definition) is 5. The van der Waals surface area contributed by atoms with Crippen LogP contribution < -0.4 is 15.2 Å². The van der Waals surface area contributed by atoms with Crippen LogP contribution in [0.25, 0.3) is 0 Å². The average molecular weight is 233 g/mol. The van der Waals surface area contributed by atoms with E-state index in [4.69, 9.17) is 11.0 Å². The van der Waals surface area contributed by atoms with Gasteiger partial charge in [-0.05, 0) is 0 Å². The Labute approximate surface area is 88.2 Å². The molecule has 5 nitrogen and oxygen atoms in total. The molecule has 0 bridgehead atoms. The van der Waals surface area contributed by atoms with E-state index >= 15 is 0 Å². The van der Waals surface area contributed by atoms with E-state index in [2.05, 4.69) is 14.5 Å². The van der Waals surface area contributed by atoms with Crippen molar-refractivity contribution in [1.82, 2.24) is 4.98 Å². The first-order valence-corrected chi connectivity index (χ1v) is 3.87. The highest BCUT2D eigenvalue weighted by molar-refractivity contribution is 5.62. The number of pyridine rings is 1. The lowest BCUT2D eigenvalue weighted by molar-refractivity contribution is -0.275. The summed E-state index contributed by atoms with van der Waals surface area (Å²) in [4.78, 5) is 3.40. The minimum absolute atomic E-state index is 0.152. The molecule has 0 saturated carbocycles. The molecule has 0 unspecified atom stereocenters. The maximum Gasteiger partial charge on any atom is 0.573 e. The fourth-order valence-corrected chi connectivity index (χ4v) is 0.991. The van der Waals surface area contributed by atoms with Crippen molar-refractivity contribution in [3.63, 3.8) is 0 Å². The number of nitrogens with zero attached hydrogens (tertiary/aromatic N) is 2. The maximum atomic E-state index is 12.0. The zero-order valence-electron chi connectivity index (χ0n) is 8.00. The van der Waals surface area contributed by atoms with Crippen molar-refractivity contribution in [2.75, 3.05) is 12.8 Å². The molecule has 86 valence electrons. The number of rotatable bonds is 2. The molecule has 1 heterocycles. The summed E-state index contributed by atoms with van der Waals surface area (Å²) in [5.41, 5.74) is 4.63. The SMILES string of the molecule is COc1c(N)cnc(C#N)c1OC(F)(F)F. The highest BCUT2D eigenvalue weighted by atomic mass is 19.4. The molecule has 16 heavy (non-hydrogen) atoms. The molecule has 0 radical (unpaired) electrons. The molecule has 0 fully saturated rings. The summed E-state index contributed by atoms with van der Waals surface area (Å²) in [6, 6.07) is 1.45. The zero-order valence-corrected chi connectivity index (χ0v) is 8.00. The summed E-state index contributed by atoms with van der Waals surface area (Å²) in [5, 5.41) is 8.57. The van der Waals surface area contributed by atoms with Gasteiger partial charge in [-0.2, -0.15) is 5.26 Å². The van der Waals surface area contributed by atoms with E-state index in [0.29, 0.717) is 0 Å². The van der Waals surface area contributed by atoms with Crippen LogP contribution in [0.4, 0.5) is 18.9 Å². The van der Waals surface area contributed by atoms with Gasteiger partial charge in [-0.15, -0.1) is 13.2 Å². The molecule has 0 spiro atoms. The van der Waals surface area contributed by atoms with E-state index < -0.39 is 17.8 Å². The predicted octanol–water partition coefficient (Wildman–Crippen LogP) is 1.44. The number of ether oxygens (including phenoxy) is 2. The lowest BCUT2D eigenvalue weighted by atomic mass is 10.3. The van der Waals surface area contributed by atoms with Crippen LogP contribution >= 0.6 is 0 Å². The summed E-state index contributed by atoms with van der Waals surface area (Å²) in [6.45, 7) is 0. The van der Waals surface area contributed by atoms with Gasteiger partial charge in [0.25, 0.3) is 0 Å². The van der Waals surface area contributed by atoms with Crippen LogP contribution in [0, 0.1) is 11.3 Å². The average Bonchev–Trinajstić information content (AvgIpc) is 2.16. The van der Waals surface area contributed by atoms with E-state index in [1.807, 2.05) is 0 Å². The van der Waals surface area contributed by atoms with Gasteiger partial charge in [0, 0.05) is 0 Å². The Morgan fingerprint density at radius 1 is 1.44 bits per heavy atom. The minimum atomic E-state index is -4.95. The van der Waals surface area contributed by atoms with Crippen LogP contribution in [0.15, 0.2) is 6.20 Å². The summed E-state index contributed by atoms with van der Waals surface area (Å²) in [6.07, 6.45) is -3.94. The van der Waals surface area contributed by atoms with Crippen LogP contribution in [0.1, 0.15) is 5.69 Å². The number of nitriles is 1. The number of methoxy groups -OCH3 is 1. The summed E-state index contributed by atoms with van der Waals surface area (Å²) < 4.78 is 44.4. The number of hydrogen-bond donors (Lipinski definition) is 1. The molecule has 0 saturated heterocycles. The van der Waals surface area contributed by atoms with E-state index in [0.717, 1.165) is 13.3 Å². The van der Waals surface area contributed by atoms with E-state index in [1.54, 1.807) is 0 Å². The largest absolute Gasteiger partial charge is 0.573 e. The highest BCUT2D eigenvalue weighted by Gasteiger charge is 2.34. The topological polar surface area (TPSA) is 81.2 Å². The van der Waals surface area contributed by atoms with Crippen LogP contribution in [0.3, 0.4) is 0 Å². The van der Waals surface area contributed by atoms with Gasteiger partial charge in [-0.25, -0.2) is 4.98 Å². The van der Waals surface area contributed by atoms with Crippen molar-refractivity contribution < 1.29 is 22.6 Å². The van der Waals surface area contributed by atoms with Crippen LogP contribution in [-0.2, 0) is 0 Å². The van der Waals surface area contributed by atoms with Crippen LogP contribution in [0.2, 0.25) is 0 Å². The minimum Gasteiger partial charge on any atom is -0.491 e. The zero-order chi connectivity index (χ0) is 12.3. The lowest BCUT2D eigenvalue weighted by Gasteiger charge is -2.14. The summed E-state index contributed by atoms with van der Waals surface area (Å²) >= 11 is 0. The van der Waals surface area contributed by atoms with Crippen molar-refractivity contribution in [1.29, 1.82) is 5.26 Å². The van der Waals surface area contributed by atoms with Crippen LogP contribution in [0.5, 0.6) is 11.5 Å². The van der Waals surface area contributed by atoms with Gasteiger partial charge in [0.1, 0.15) is 6.07 Å². The molecular weight excluding hydrogens is 227 g/mol.